The molecule has 0 atom stereocenters. The fourth-order valence-electron chi connectivity index (χ4n) is 3.45. The van der Waals surface area contributed by atoms with Gasteiger partial charge in [-0.25, -0.2) is 0 Å². The van der Waals surface area contributed by atoms with Crippen molar-refractivity contribution in [2.75, 3.05) is 26.2 Å². The van der Waals surface area contributed by atoms with Crippen LogP contribution in [0.3, 0.4) is 0 Å². The predicted molar refractivity (Wildman–Crippen MR) is 123 cm³/mol. The van der Waals surface area contributed by atoms with Crippen LogP contribution in [0.5, 0.6) is 11.5 Å². The van der Waals surface area contributed by atoms with Gasteiger partial charge in [-0.15, -0.1) is 0 Å². The largest absolute Gasteiger partial charge is 0.490 e. The van der Waals surface area contributed by atoms with Crippen LogP contribution in [-0.2, 0) is 13.2 Å². The third-order valence-corrected chi connectivity index (χ3v) is 6.31. The molecular formula is C22H27BrCl2N2O2. The van der Waals surface area contributed by atoms with Crippen molar-refractivity contribution in [1.82, 2.24) is 10.6 Å². The summed E-state index contributed by atoms with van der Waals surface area (Å²) >= 11 is 16.2. The van der Waals surface area contributed by atoms with Gasteiger partial charge in [0.05, 0.1) is 11.1 Å². The highest BCUT2D eigenvalue weighted by atomic mass is 79.9. The molecular weight excluding hydrogens is 475 g/mol. The van der Waals surface area contributed by atoms with Crippen molar-refractivity contribution in [3.63, 3.8) is 0 Å². The molecule has 1 aliphatic heterocycles. The molecule has 29 heavy (non-hydrogen) atoms. The second-order valence-corrected chi connectivity index (χ2v) is 8.82. The van der Waals surface area contributed by atoms with Gasteiger partial charge in [0, 0.05) is 22.2 Å². The van der Waals surface area contributed by atoms with E-state index in [0.29, 0.717) is 28.2 Å². The Balaban J connectivity index is 1.67. The maximum Gasteiger partial charge on any atom is 0.175 e. The summed E-state index contributed by atoms with van der Waals surface area (Å²) in [5.41, 5.74) is 1.91. The van der Waals surface area contributed by atoms with Crippen LogP contribution >= 0.6 is 39.1 Å². The number of nitrogens with one attached hydrogen (secondary N) is 2. The molecule has 0 saturated carbocycles. The van der Waals surface area contributed by atoms with E-state index in [0.717, 1.165) is 47.7 Å². The Bertz CT molecular complexity index is 793. The summed E-state index contributed by atoms with van der Waals surface area (Å²) in [5, 5.41) is 8.16. The number of ether oxygens (including phenoxy) is 2. The van der Waals surface area contributed by atoms with E-state index in [9.17, 15) is 0 Å². The van der Waals surface area contributed by atoms with Crippen LogP contribution in [0.4, 0.5) is 0 Å². The molecule has 0 spiro atoms. The summed E-state index contributed by atoms with van der Waals surface area (Å²) in [5.74, 6) is 2.11. The van der Waals surface area contributed by atoms with E-state index in [1.54, 1.807) is 0 Å². The van der Waals surface area contributed by atoms with Crippen molar-refractivity contribution in [1.29, 1.82) is 0 Å². The third-order valence-electron chi connectivity index (χ3n) is 5.01. The van der Waals surface area contributed by atoms with E-state index in [2.05, 4.69) is 32.6 Å². The monoisotopic (exact) mass is 500 g/mol. The van der Waals surface area contributed by atoms with Gasteiger partial charge < -0.3 is 20.1 Å². The number of hydrogen-bond acceptors (Lipinski definition) is 4. The molecule has 7 heteroatoms. The molecule has 0 radical (unpaired) electrons. The van der Waals surface area contributed by atoms with E-state index < -0.39 is 0 Å². The Morgan fingerprint density at radius 1 is 1.14 bits per heavy atom. The first-order valence-electron chi connectivity index (χ1n) is 10.0. The van der Waals surface area contributed by atoms with Crippen LogP contribution in [0.25, 0.3) is 0 Å². The van der Waals surface area contributed by atoms with E-state index >= 15 is 0 Å². The second-order valence-electron chi connectivity index (χ2n) is 7.15. The first-order chi connectivity index (χ1) is 14.1. The standard InChI is InChI=1S/C22H27BrCl2N2O2/c1-2-28-21-11-16(13-27-12-15-6-8-26-9-7-15)10-18(23)22(21)29-14-17-19(24)4-3-5-20(17)25/h3-5,10-11,15,26-27H,2,6-9,12-14H2,1H3. The van der Waals surface area contributed by atoms with Gasteiger partial charge in [-0.1, -0.05) is 29.3 Å². The third kappa shape index (κ3) is 6.50. The van der Waals surface area contributed by atoms with E-state index in [-0.39, 0.29) is 6.61 Å². The topological polar surface area (TPSA) is 42.5 Å². The quantitative estimate of drug-likeness (QED) is 0.454. The molecule has 1 heterocycles. The fraction of sp³-hybridized carbons (Fsp3) is 0.455. The lowest BCUT2D eigenvalue weighted by Gasteiger charge is -2.23. The molecule has 3 rings (SSSR count). The molecule has 2 aromatic rings. The maximum atomic E-state index is 6.26. The normalized spacial score (nSPS) is 14.8. The smallest absolute Gasteiger partial charge is 0.175 e. The minimum absolute atomic E-state index is 0.268. The SMILES string of the molecule is CCOc1cc(CNCC2CCNCC2)cc(Br)c1OCc1c(Cl)cccc1Cl. The Morgan fingerprint density at radius 3 is 2.55 bits per heavy atom. The summed E-state index contributed by atoms with van der Waals surface area (Å²) in [7, 11) is 0. The Morgan fingerprint density at radius 2 is 1.86 bits per heavy atom. The number of hydrogen-bond donors (Lipinski definition) is 2. The zero-order chi connectivity index (χ0) is 20.6. The van der Waals surface area contributed by atoms with Crippen LogP contribution < -0.4 is 20.1 Å². The molecule has 2 aromatic carbocycles. The Kier molecular flexibility index (Phi) is 8.94. The van der Waals surface area contributed by atoms with Crippen molar-refractivity contribution < 1.29 is 9.47 Å². The predicted octanol–water partition coefficient (Wildman–Crippen LogP) is 5.82. The van der Waals surface area contributed by atoms with Gasteiger partial charge in [-0.3, -0.25) is 0 Å². The van der Waals surface area contributed by atoms with Crippen molar-refractivity contribution in [2.45, 2.75) is 32.9 Å². The van der Waals surface area contributed by atoms with Gasteiger partial charge in [0.1, 0.15) is 6.61 Å². The molecule has 0 aliphatic carbocycles. The zero-order valence-electron chi connectivity index (χ0n) is 16.6. The maximum absolute atomic E-state index is 6.26. The number of rotatable bonds is 9. The molecule has 0 unspecified atom stereocenters. The Hall–Kier alpha value is -0.980. The van der Waals surface area contributed by atoms with Crippen LogP contribution in [-0.4, -0.2) is 26.2 Å². The van der Waals surface area contributed by atoms with Gasteiger partial charge in [-0.2, -0.15) is 0 Å². The fourth-order valence-corrected chi connectivity index (χ4v) is 4.56. The second kappa shape index (κ2) is 11.4. The molecule has 158 valence electrons. The van der Waals surface area contributed by atoms with E-state index in [1.165, 1.54) is 12.8 Å². The summed E-state index contributed by atoms with van der Waals surface area (Å²) in [6.07, 6.45) is 2.47. The minimum atomic E-state index is 0.268. The van der Waals surface area contributed by atoms with Crippen molar-refractivity contribution in [3.8, 4) is 11.5 Å². The number of benzene rings is 2. The summed E-state index contributed by atoms with van der Waals surface area (Å²) in [4.78, 5) is 0. The highest BCUT2D eigenvalue weighted by Crippen LogP contribution is 2.38. The lowest BCUT2D eigenvalue weighted by atomic mass is 9.98. The van der Waals surface area contributed by atoms with Crippen LogP contribution in [0.1, 0.15) is 30.9 Å². The lowest BCUT2D eigenvalue weighted by Crippen LogP contribution is -2.33. The summed E-state index contributed by atoms with van der Waals surface area (Å²) < 4.78 is 12.8. The molecule has 0 aromatic heterocycles. The van der Waals surface area contributed by atoms with Gasteiger partial charge in [0.15, 0.2) is 11.5 Å². The average molecular weight is 502 g/mol. The van der Waals surface area contributed by atoms with Crippen LogP contribution in [0, 0.1) is 5.92 Å². The zero-order valence-corrected chi connectivity index (χ0v) is 19.7. The first kappa shape index (κ1) is 22.7. The molecule has 2 N–H and O–H groups in total. The van der Waals surface area contributed by atoms with Crippen LogP contribution in [0.2, 0.25) is 10.0 Å². The molecule has 1 aliphatic rings. The average Bonchev–Trinajstić information content (AvgIpc) is 2.70. The minimum Gasteiger partial charge on any atom is -0.490 e. The van der Waals surface area contributed by atoms with Gasteiger partial charge in [-0.05, 0) is 91.1 Å². The van der Waals surface area contributed by atoms with E-state index in [1.807, 2.05) is 31.2 Å². The van der Waals surface area contributed by atoms with Gasteiger partial charge in [0.25, 0.3) is 0 Å². The van der Waals surface area contributed by atoms with Gasteiger partial charge >= 0.3 is 0 Å². The number of halogens is 3. The number of piperidine rings is 1. The molecule has 1 fully saturated rings. The lowest BCUT2D eigenvalue weighted by molar-refractivity contribution is 0.267. The van der Waals surface area contributed by atoms with Crippen LogP contribution in [0.15, 0.2) is 34.8 Å². The van der Waals surface area contributed by atoms with Gasteiger partial charge in [0.2, 0.25) is 0 Å². The first-order valence-corrected chi connectivity index (χ1v) is 11.6. The summed E-state index contributed by atoms with van der Waals surface area (Å²) in [6.45, 7) is 6.85. The van der Waals surface area contributed by atoms with Crippen molar-refractivity contribution in [2.24, 2.45) is 5.92 Å². The molecule has 4 nitrogen and oxygen atoms in total. The molecule has 1 saturated heterocycles. The van der Waals surface area contributed by atoms with Crippen molar-refractivity contribution >= 4 is 39.1 Å². The highest BCUT2D eigenvalue weighted by Gasteiger charge is 2.16. The Labute approximate surface area is 191 Å². The summed E-state index contributed by atoms with van der Waals surface area (Å²) in [6, 6.07) is 9.54. The highest BCUT2D eigenvalue weighted by molar-refractivity contribution is 9.10. The molecule has 0 bridgehead atoms. The molecule has 0 amide bonds. The van der Waals surface area contributed by atoms with Crippen molar-refractivity contribution in [3.05, 3.63) is 56.0 Å². The van der Waals surface area contributed by atoms with E-state index in [4.69, 9.17) is 32.7 Å².